The third-order valence-electron chi connectivity index (χ3n) is 6.03. The molecule has 0 unspecified atom stereocenters. The van der Waals surface area contributed by atoms with Crippen molar-refractivity contribution in [2.45, 2.75) is 19.4 Å². The fraction of sp³-hybridized carbons (Fsp3) is 0.333. The second-order valence-corrected chi connectivity index (χ2v) is 8.08. The summed E-state index contributed by atoms with van der Waals surface area (Å²) in [5, 5.41) is 2.79. The quantitative estimate of drug-likeness (QED) is 0.728. The molecule has 1 fully saturated rings. The highest BCUT2D eigenvalue weighted by Gasteiger charge is 2.42. The molecule has 0 aliphatic carbocycles. The van der Waals surface area contributed by atoms with E-state index in [1.807, 2.05) is 7.05 Å². The van der Waals surface area contributed by atoms with Crippen LogP contribution in [-0.2, 0) is 4.79 Å². The monoisotopic (exact) mass is 434 g/mol. The van der Waals surface area contributed by atoms with Crippen LogP contribution >= 0.6 is 0 Å². The highest BCUT2D eigenvalue weighted by Crippen LogP contribution is 2.27. The van der Waals surface area contributed by atoms with Crippen LogP contribution in [0.1, 0.15) is 44.4 Å². The minimum Gasteiger partial charge on any atom is -0.336 e. The van der Waals surface area contributed by atoms with Crippen molar-refractivity contribution in [3.05, 3.63) is 65.2 Å². The summed E-state index contributed by atoms with van der Waals surface area (Å²) in [5.74, 6) is -1.60. The minimum atomic E-state index is -0.978. The molecular formula is C24H26N4O4. The Hall–Kier alpha value is -3.52. The number of nitrogens with one attached hydrogen (secondary N) is 1. The maximum absolute atomic E-state index is 13.2. The number of benzene rings is 2. The Labute approximate surface area is 186 Å². The molecule has 0 spiro atoms. The van der Waals surface area contributed by atoms with E-state index in [-0.39, 0.29) is 12.3 Å². The van der Waals surface area contributed by atoms with Gasteiger partial charge in [-0.3, -0.25) is 24.1 Å². The summed E-state index contributed by atoms with van der Waals surface area (Å²) in [6.07, 6.45) is 0.256. The normalized spacial score (nSPS) is 17.3. The number of anilines is 1. The van der Waals surface area contributed by atoms with Gasteiger partial charge >= 0.3 is 0 Å². The van der Waals surface area contributed by atoms with E-state index < -0.39 is 23.8 Å². The summed E-state index contributed by atoms with van der Waals surface area (Å²) >= 11 is 0. The smallest absolute Gasteiger partial charge is 0.262 e. The Bertz CT molecular complexity index is 1040. The number of amides is 4. The van der Waals surface area contributed by atoms with E-state index in [1.54, 1.807) is 60.4 Å². The summed E-state index contributed by atoms with van der Waals surface area (Å²) in [7, 11) is 2.01. The van der Waals surface area contributed by atoms with Gasteiger partial charge in [0.2, 0.25) is 5.91 Å². The SMILES string of the molecule is CC[C@@H](C(=O)Nc1ccccc1C(=O)N1CCN(C)CC1)N1C(=O)c2ccccc2C1=O. The first kappa shape index (κ1) is 21.7. The van der Waals surface area contributed by atoms with Gasteiger partial charge in [-0.1, -0.05) is 31.2 Å². The molecule has 0 saturated carbocycles. The predicted octanol–water partition coefficient (Wildman–Crippen LogP) is 2.09. The van der Waals surface area contributed by atoms with Gasteiger partial charge in [0.15, 0.2) is 0 Å². The fourth-order valence-corrected chi connectivity index (χ4v) is 4.15. The van der Waals surface area contributed by atoms with Crippen molar-refractivity contribution in [2.24, 2.45) is 0 Å². The number of rotatable bonds is 5. The number of carbonyl (C=O) groups is 4. The summed E-state index contributed by atoms with van der Waals surface area (Å²) in [6.45, 7) is 4.55. The molecule has 2 aliphatic heterocycles. The van der Waals surface area contributed by atoms with Crippen LogP contribution in [0.15, 0.2) is 48.5 Å². The van der Waals surface area contributed by atoms with Gasteiger partial charge in [0, 0.05) is 26.2 Å². The van der Waals surface area contributed by atoms with Gasteiger partial charge in [-0.05, 0) is 37.7 Å². The van der Waals surface area contributed by atoms with Crippen LogP contribution in [0, 0.1) is 0 Å². The number of nitrogens with zero attached hydrogens (tertiary/aromatic N) is 3. The Morgan fingerprint density at radius 1 is 0.906 bits per heavy atom. The number of para-hydroxylation sites is 1. The molecule has 4 amide bonds. The Morgan fingerprint density at radius 2 is 1.47 bits per heavy atom. The van der Waals surface area contributed by atoms with Gasteiger partial charge in [-0.15, -0.1) is 0 Å². The van der Waals surface area contributed by atoms with E-state index in [0.717, 1.165) is 18.0 Å². The van der Waals surface area contributed by atoms with Crippen molar-refractivity contribution in [1.29, 1.82) is 0 Å². The molecule has 2 aromatic rings. The molecule has 2 aromatic carbocycles. The number of piperazine rings is 1. The highest BCUT2D eigenvalue weighted by molar-refractivity contribution is 6.23. The van der Waals surface area contributed by atoms with E-state index in [1.165, 1.54) is 0 Å². The molecule has 32 heavy (non-hydrogen) atoms. The lowest BCUT2D eigenvalue weighted by atomic mass is 10.1. The average Bonchev–Trinajstić information content (AvgIpc) is 3.05. The van der Waals surface area contributed by atoms with Crippen LogP contribution in [-0.4, -0.2) is 77.6 Å². The first-order valence-corrected chi connectivity index (χ1v) is 10.8. The van der Waals surface area contributed by atoms with Gasteiger partial charge < -0.3 is 15.1 Å². The summed E-state index contributed by atoms with van der Waals surface area (Å²) < 4.78 is 0. The van der Waals surface area contributed by atoms with Gasteiger partial charge in [0.25, 0.3) is 17.7 Å². The zero-order valence-corrected chi connectivity index (χ0v) is 18.2. The number of carbonyl (C=O) groups excluding carboxylic acids is 4. The molecule has 8 heteroatoms. The van der Waals surface area contributed by atoms with E-state index in [0.29, 0.717) is 35.5 Å². The van der Waals surface area contributed by atoms with Crippen molar-refractivity contribution >= 4 is 29.3 Å². The molecule has 2 heterocycles. The molecule has 1 atom stereocenters. The number of hydrogen-bond acceptors (Lipinski definition) is 5. The Morgan fingerprint density at radius 3 is 2.06 bits per heavy atom. The van der Waals surface area contributed by atoms with Crippen molar-refractivity contribution < 1.29 is 19.2 Å². The minimum absolute atomic E-state index is 0.150. The van der Waals surface area contributed by atoms with E-state index in [9.17, 15) is 19.2 Å². The molecule has 1 N–H and O–H groups in total. The molecule has 0 aromatic heterocycles. The van der Waals surface area contributed by atoms with E-state index >= 15 is 0 Å². The van der Waals surface area contributed by atoms with Crippen molar-refractivity contribution in [1.82, 2.24) is 14.7 Å². The van der Waals surface area contributed by atoms with Crippen LogP contribution in [0.25, 0.3) is 0 Å². The molecule has 4 rings (SSSR count). The van der Waals surface area contributed by atoms with Crippen LogP contribution in [0.4, 0.5) is 5.69 Å². The molecule has 8 nitrogen and oxygen atoms in total. The standard InChI is InChI=1S/C24H26N4O4/c1-3-20(28-23(31)16-8-4-5-9-17(16)24(28)32)21(29)25-19-11-7-6-10-18(19)22(30)27-14-12-26(2)13-15-27/h4-11,20H,3,12-15H2,1-2H3,(H,25,29)/t20-/m0/s1. The van der Waals surface area contributed by atoms with Crippen LogP contribution in [0.2, 0.25) is 0 Å². The van der Waals surface area contributed by atoms with Gasteiger partial charge in [0.1, 0.15) is 6.04 Å². The molecule has 1 saturated heterocycles. The van der Waals surface area contributed by atoms with Crippen molar-refractivity contribution in [3.8, 4) is 0 Å². The lowest BCUT2D eigenvalue weighted by Crippen LogP contribution is -2.48. The second-order valence-electron chi connectivity index (χ2n) is 8.08. The summed E-state index contributed by atoms with van der Waals surface area (Å²) in [6, 6.07) is 12.4. The molecular weight excluding hydrogens is 408 g/mol. The first-order chi connectivity index (χ1) is 15.4. The summed E-state index contributed by atoms with van der Waals surface area (Å²) in [4.78, 5) is 56.9. The predicted molar refractivity (Wildman–Crippen MR) is 119 cm³/mol. The fourth-order valence-electron chi connectivity index (χ4n) is 4.15. The lowest BCUT2D eigenvalue weighted by Gasteiger charge is -2.33. The maximum atomic E-state index is 13.2. The van der Waals surface area contributed by atoms with Crippen LogP contribution in [0.5, 0.6) is 0 Å². The molecule has 2 aliphatic rings. The number of fused-ring (bicyclic) bond motifs is 1. The Kier molecular flexibility index (Phi) is 6.05. The topological polar surface area (TPSA) is 90.0 Å². The van der Waals surface area contributed by atoms with E-state index in [4.69, 9.17) is 0 Å². The van der Waals surface area contributed by atoms with Gasteiger partial charge in [-0.25, -0.2) is 0 Å². The number of hydrogen-bond donors (Lipinski definition) is 1. The maximum Gasteiger partial charge on any atom is 0.262 e. The summed E-state index contributed by atoms with van der Waals surface area (Å²) in [5.41, 5.74) is 1.36. The van der Waals surface area contributed by atoms with E-state index in [2.05, 4.69) is 10.2 Å². The lowest BCUT2D eigenvalue weighted by molar-refractivity contribution is -0.120. The third kappa shape index (κ3) is 3.89. The van der Waals surface area contributed by atoms with Crippen molar-refractivity contribution in [3.63, 3.8) is 0 Å². The largest absolute Gasteiger partial charge is 0.336 e. The molecule has 0 radical (unpaired) electrons. The van der Waals surface area contributed by atoms with Crippen LogP contribution < -0.4 is 5.32 Å². The second kappa shape index (κ2) is 8.92. The Balaban J connectivity index is 1.55. The van der Waals surface area contributed by atoms with Gasteiger partial charge in [-0.2, -0.15) is 0 Å². The number of imide groups is 1. The third-order valence-corrected chi connectivity index (χ3v) is 6.03. The van der Waals surface area contributed by atoms with Gasteiger partial charge in [0.05, 0.1) is 22.4 Å². The molecule has 166 valence electrons. The zero-order chi connectivity index (χ0) is 22.8. The zero-order valence-electron chi connectivity index (χ0n) is 18.2. The average molecular weight is 434 g/mol. The highest BCUT2D eigenvalue weighted by atomic mass is 16.2. The van der Waals surface area contributed by atoms with Crippen LogP contribution in [0.3, 0.4) is 0 Å². The van der Waals surface area contributed by atoms with Crippen molar-refractivity contribution in [2.75, 3.05) is 38.5 Å². The molecule has 0 bridgehead atoms. The first-order valence-electron chi connectivity index (χ1n) is 10.8. The number of likely N-dealkylation sites (N-methyl/N-ethyl adjacent to an activating group) is 1.